The molecule has 0 aliphatic heterocycles. The number of nitrogens with zero attached hydrogens (tertiary/aromatic N) is 3. The molecule has 0 saturated carbocycles. The number of esters is 1. The second kappa shape index (κ2) is 6.14. The Hall–Kier alpha value is -2.58. The van der Waals surface area contributed by atoms with Crippen LogP contribution in [0.5, 0.6) is 0 Å². The van der Waals surface area contributed by atoms with E-state index in [9.17, 15) is 4.79 Å². The number of ether oxygens (including phenoxy) is 1. The molecule has 1 atom stereocenters. The Morgan fingerprint density at radius 2 is 2.17 bits per heavy atom. The van der Waals surface area contributed by atoms with Crippen molar-refractivity contribution in [2.45, 2.75) is 13.0 Å². The number of hydrogen-bond acceptors (Lipinski definition) is 8. The van der Waals surface area contributed by atoms with E-state index in [1.165, 1.54) is 22.7 Å². The molecule has 3 heterocycles. The van der Waals surface area contributed by atoms with Crippen LogP contribution in [0.15, 0.2) is 45.6 Å². The molecule has 0 fully saturated rings. The van der Waals surface area contributed by atoms with Gasteiger partial charge < -0.3 is 9.15 Å². The van der Waals surface area contributed by atoms with Crippen LogP contribution in [0.3, 0.4) is 0 Å². The number of aromatic nitrogens is 3. The fraction of sp³-hybridized carbons (Fsp3) is 0.125. The van der Waals surface area contributed by atoms with E-state index in [0.29, 0.717) is 11.5 Å². The fourth-order valence-corrected chi connectivity index (χ4v) is 3.52. The first kappa shape index (κ1) is 15.0. The zero-order valence-corrected chi connectivity index (χ0v) is 14.1. The van der Waals surface area contributed by atoms with Gasteiger partial charge in [-0.3, -0.25) is 0 Å². The molecule has 0 aliphatic carbocycles. The SMILES string of the molecule is CC(OC(=O)c1ccc2ncsc2c1)c1nnc(-c2cccs2)o1. The molecule has 1 aromatic carbocycles. The Morgan fingerprint density at radius 3 is 3.00 bits per heavy atom. The summed E-state index contributed by atoms with van der Waals surface area (Å²) in [6.45, 7) is 1.70. The Morgan fingerprint density at radius 1 is 1.25 bits per heavy atom. The third-order valence-electron chi connectivity index (χ3n) is 3.37. The number of rotatable bonds is 4. The zero-order valence-electron chi connectivity index (χ0n) is 12.5. The lowest BCUT2D eigenvalue weighted by Crippen LogP contribution is -2.09. The van der Waals surface area contributed by atoms with E-state index >= 15 is 0 Å². The highest BCUT2D eigenvalue weighted by atomic mass is 32.1. The first-order valence-corrected chi connectivity index (χ1v) is 8.88. The quantitative estimate of drug-likeness (QED) is 0.506. The van der Waals surface area contributed by atoms with E-state index in [1.54, 1.807) is 30.6 Å². The van der Waals surface area contributed by atoms with Crippen molar-refractivity contribution in [2.24, 2.45) is 0 Å². The van der Waals surface area contributed by atoms with Crippen molar-refractivity contribution in [3.8, 4) is 10.8 Å². The van der Waals surface area contributed by atoms with E-state index in [1.807, 2.05) is 17.5 Å². The molecule has 120 valence electrons. The van der Waals surface area contributed by atoms with Crippen LogP contribution in [0, 0.1) is 0 Å². The average molecular weight is 357 g/mol. The highest BCUT2D eigenvalue weighted by Crippen LogP contribution is 2.26. The molecule has 0 bridgehead atoms. The molecule has 0 N–H and O–H groups in total. The zero-order chi connectivity index (χ0) is 16.5. The van der Waals surface area contributed by atoms with Crippen LogP contribution in [-0.4, -0.2) is 21.2 Å². The maximum Gasteiger partial charge on any atom is 0.338 e. The monoisotopic (exact) mass is 357 g/mol. The maximum atomic E-state index is 12.3. The first-order valence-electron chi connectivity index (χ1n) is 7.12. The molecular weight excluding hydrogens is 346 g/mol. The van der Waals surface area contributed by atoms with Crippen molar-refractivity contribution in [2.75, 3.05) is 0 Å². The van der Waals surface area contributed by atoms with Crippen LogP contribution in [0.4, 0.5) is 0 Å². The van der Waals surface area contributed by atoms with Crippen LogP contribution in [-0.2, 0) is 4.74 Å². The van der Waals surface area contributed by atoms with Crippen LogP contribution in [0.1, 0.15) is 29.3 Å². The van der Waals surface area contributed by atoms with Crippen molar-refractivity contribution in [1.29, 1.82) is 0 Å². The van der Waals surface area contributed by atoms with Crippen molar-refractivity contribution in [3.05, 3.63) is 52.7 Å². The van der Waals surface area contributed by atoms with Gasteiger partial charge in [0.15, 0.2) is 6.10 Å². The molecule has 0 saturated heterocycles. The summed E-state index contributed by atoms with van der Waals surface area (Å²) in [6.07, 6.45) is -0.629. The summed E-state index contributed by atoms with van der Waals surface area (Å²) >= 11 is 2.98. The molecule has 4 rings (SSSR count). The molecule has 0 radical (unpaired) electrons. The normalized spacial score (nSPS) is 12.4. The molecule has 0 aliphatic rings. The van der Waals surface area contributed by atoms with Gasteiger partial charge in [-0.15, -0.1) is 32.9 Å². The fourth-order valence-electron chi connectivity index (χ4n) is 2.16. The molecular formula is C16H11N3O3S2. The predicted octanol–water partition coefficient (Wildman–Crippen LogP) is 4.33. The highest BCUT2D eigenvalue weighted by Gasteiger charge is 2.20. The van der Waals surface area contributed by atoms with Gasteiger partial charge >= 0.3 is 5.97 Å². The van der Waals surface area contributed by atoms with Gasteiger partial charge in [0.05, 0.1) is 26.2 Å². The highest BCUT2D eigenvalue weighted by molar-refractivity contribution is 7.16. The maximum absolute atomic E-state index is 12.3. The lowest BCUT2D eigenvalue weighted by molar-refractivity contribution is 0.0280. The summed E-state index contributed by atoms with van der Waals surface area (Å²) in [5, 5.41) is 9.88. The minimum absolute atomic E-state index is 0.269. The Bertz CT molecular complexity index is 991. The van der Waals surface area contributed by atoms with Gasteiger partial charge in [-0.25, -0.2) is 9.78 Å². The number of hydrogen-bond donors (Lipinski definition) is 0. The van der Waals surface area contributed by atoms with E-state index in [4.69, 9.17) is 9.15 Å². The van der Waals surface area contributed by atoms with Gasteiger partial charge in [0.25, 0.3) is 11.8 Å². The van der Waals surface area contributed by atoms with Gasteiger partial charge in [-0.1, -0.05) is 6.07 Å². The lowest BCUT2D eigenvalue weighted by Gasteiger charge is -2.09. The molecule has 1 unspecified atom stereocenters. The lowest BCUT2D eigenvalue weighted by atomic mass is 10.2. The number of fused-ring (bicyclic) bond motifs is 1. The molecule has 8 heteroatoms. The summed E-state index contributed by atoms with van der Waals surface area (Å²) in [5.41, 5.74) is 3.08. The van der Waals surface area contributed by atoms with E-state index in [2.05, 4.69) is 15.2 Å². The topological polar surface area (TPSA) is 78.1 Å². The molecule has 6 nitrogen and oxygen atoms in total. The Balaban J connectivity index is 1.50. The molecule has 4 aromatic rings. The smallest absolute Gasteiger partial charge is 0.338 e. The summed E-state index contributed by atoms with van der Waals surface area (Å²) in [6, 6.07) is 9.06. The van der Waals surface area contributed by atoms with Gasteiger partial charge in [-0.05, 0) is 36.6 Å². The minimum Gasteiger partial charge on any atom is -0.449 e. The second-order valence-corrected chi connectivity index (χ2v) is 6.84. The third-order valence-corrected chi connectivity index (χ3v) is 5.02. The summed E-state index contributed by atoms with van der Waals surface area (Å²) in [4.78, 5) is 17.4. The summed E-state index contributed by atoms with van der Waals surface area (Å²) < 4.78 is 12.0. The van der Waals surface area contributed by atoms with E-state index in [-0.39, 0.29) is 5.89 Å². The van der Waals surface area contributed by atoms with Crippen LogP contribution in [0.2, 0.25) is 0 Å². The summed E-state index contributed by atoms with van der Waals surface area (Å²) in [5.74, 6) is 0.258. The minimum atomic E-state index is -0.629. The second-order valence-electron chi connectivity index (χ2n) is 5.01. The van der Waals surface area contributed by atoms with Gasteiger partial charge in [0.1, 0.15) is 0 Å². The Labute approximate surface area is 144 Å². The van der Waals surface area contributed by atoms with E-state index < -0.39 is 12.1 Å². The number of carbonyl (C=O) groups excluding carboxylic acids is 1. The van der Waals surface area contributed by atoms with E-state index in [0.717, 1.165) is 15.1 Å². The first-order chi connectivity index (χ1) is 11.7. The Kier molecular flexibility index (Phi) is 3.83. The number of benzene rings is 1. The predicted molar refractivity (Wildman–Crippen MR) is 91.1 cm³/mol. The van der Waals surface area contributed by atoms with Crippen molar-refractivity contribution < 1.29 is 13.9 Å². The molecule has 3 aromatic heterocycles. The largest absolute Gasteiger partial charge is 0.449 e. The van der Waals surface area contributed by atoms with Gasteiger partial charge in [-0.2, -0.15) is 0 Å². The number of thiazole rings is 1. The van der Waals surface area contributed by atoms with Crippen LogP contribution < -0.4 is 0 Å². The van der Waals surface area contributed by atoms with Gasteiger partial charge in [0.2, 0.25) is 0 Å². The number of carbonyl (C=O) groups is 1. The van der Waals surface area contributed by atoms with Gasteiger partial charge in [0, 0.05) is 0 Å². The van der Waals surface area contributed by atoms with Crippen molar-refractivity contribution >= 4 is 38.9 Å². The van der Waals surface area contributed by atoms with Crippen molar-refractivity contribution in [3.63, 3.8) is 0 Å². The molecule has 24 heavy (non-hydrogen) atoms. The third kappa shape index (κ3) is 2.81. The van der Waals surface area contributed by atoms with Crippen LogP contribution >= 0.6 is 22.7 Å². The standard InChI is InChI=1S/C16H11N3O3S2/c1-9(14-18-19-15(22-14)12-3-2-6-23-12)21-16(20)10-4-5-11-13(7-10)24-8-17-11/h2-9H,1H3. The molecule has 0 spiro atoms. The molecule has 0 amide bonds. The summed E-state index contributed by atoms with van der Waals surface area (Å²) in [7, 11) is 0. The van der Waals surface area contributed by atoms with Crippen LogP contribution in [0.25, 0.3) is 21.0 Å². The van der Waals surface area contributed by atoms with Crippen molar-refractivity contribution in [1.82, 2.24) is 15.2 Å². The average Bonchev–Trinajstić information content (AvgIpc) is 3.32. The number of thiophene rings is 1.